The number of carbonyl (C=O) groups is 1. The van der Waals surface area contributed by atoms with E-state index >= 15 is 0 Å². The van der Waals surface area contributed by atoms with E-state index in [1.54, 1.807) is 6.07 Å². The summed E-state index contributed by atoms with van der Waals surface area (Å²) in [4.78, 5) is 13.2. The number of hydrogen-bond acceptors (Lipinski definition) is 1. The number of halogens is 1. The summed E-state index contributed by atoms with van der Waals surface area (Å²) in [7, 11) is 0. The predicted molar refractivity (Wildman–Crippen MR) is 130 cm³/mol. The highest BCUT2D eigenvalue weighted by Crippen LogP contribution is 2.26. The van der Waals surface area contributed by atoms with E-state index in [0.29, 0.717) is 11.1 Å². The monoisotopic (exact) mass is 424 g/mol. The molecule has 0 bridgehead atoms. The van der Waals surface area contributed by atoms with Crippen molar-refractivity contribution in [1.82, 2.24) is 0 Å². The fraction of sp³-hybridized carbons (Fsp3) is 0.552. The summed E-state index contributed by atoms with van der Waals surface area (Å²) in [5.41, 5.74) is 3.12. The molecule has 0 heterocycles. The molecule has 0 amide bonds. The maximum atomic E-state index is 14.9. The molecule has 2 aromatic rings. The second-order valence-electron chi connectivity index (χ2n) is 8.78. The average Bonchev–Trinajstić information content (AvgIpc) is 2.80. The van der Waals surface area contributed by atoms with E-state index in [-0.39, 0.29) is 11.6 Å². The molecule has 31 heavy (non-hydrogen) atoms. The second kappa shape index (κ2) is 14.9. The van der Waals surface area contributed by atoms with Crippen molar-refractivity contribution >= 4 is 5.78 Å². The van der Waals surface area contributed by atoms with Gasteiger partial charge in [-0.1, -0.05) is 108 Å². The molecule has 0 atom stereocenters. The molecular weight excluding hydrogens is 383 g/mol. The summed E-state index contributed by atoms with van der Waals surface area (Å²) in [6.07, 6.45) is 15.8. The molecule has 0 aliphatic heterocycles. The Hall–Kier alpha value is -1.96. The van der Waals surface area contributed by atoms with Gasteiger partial charge in [0.1, 0.15) is 5.82 Å². The summed E-state index contributed by atoms with van der Waals surface area (Å²) < 4.78 is 14.9. The van der Waals surface area contributed by atoms with E-state index in [4.69, 9.17) is 0 Å². The normalized spacial score (nSPS) is 11.1. The molecular formula is C29H41FO. The first-order chi connectivity index (χ1) is 15.2. The molecule has 0 radical (unpaired) electrons. The van der Waals surface area contributed by atoms with Crippen LogP contribution >= 0.6 is 0 Å². The Morgan fingerprint density at radius 1 is 0.645 bits per heavy atom. The van der Waals surface area contributed by atoms with Gasteiger partial charge in [0, 0.05) is 11.1 Å². The lowest BCUT2D eigenvalue weighted by molar-refractivity contribution is 0.103. The van der Waals surface area contributed by atoms with Gasteiger partial charge in [-0.15, -0.1) is 0 Å². The van der Waals surface area contributed by atoms with E-state index < -0.39 is 0 Å². The van der Waals surface area contributed by atoms with Gasteiger partial charge < -0.3 is 0 Å². The molecule has 0 aliphatic rings. The Morgan fingerprint density at radius 3 is 1.74 bits per heavy atom. The standard InChI is InChI=1S/C29H41FO/c1-3-5-7-9-11-16-20-25-26(21-17-12-10-8-6-4-2)28(30)23-22-27(25)29(31)24-18-14-13-15-19-24/h13-15,18-19,22-23H,3-12,16-17,20-21H2,1-2H3. The van der Waals surface area contributed by atoms with Gasteiger partial charge in [-0.05, 0) is 48.9 Å². The van der Waals surface area contributed by atoms with Gasteiger partial charge in [-0.3, -0.25) is 4.79 Å². The fourth-order valence-corrected chi connectivity index (χ4v) is 4.34. The lowest BCUT2D eigenvalue weighted by Crippen LogP contribution is -2.10. The number of benzene rings is 2. The number of rotatable bonds is 16. The minimum atomic E-state index is -0.140. The van der Waals surface area contributed by atoms with E-state index in [9.17, 15) is 9.18 Å². The fourth-order valence-electron chi connectivity index (χ4n) is 4.34. The average molecular weight is 425 g/mol. The molecule has 0 N–H and O–H groups in total. The molecule has 0 spiro atoms. The van der Waals surface area contributed by atoms with Crippen molar-refractivity contribution < 1.29 is 9.18 Å². The van der Waals surface area contributed by atoms with Crippen LogP contribution in [0.1, 0.15) is 118 Å². The quantitative estimate of drug-likeness (QED) is 0.194. The summed E-state index contributed by atoms with van der Waals surface area (Å²) in [6, 6.07) is 12.6. The number of unbranched alkanes of at least 4 members (excludes halogenated alkanes) is 10. The van der Waals surface area contributed by atoms with Crippen molar-refractivity contribution in [3.63, 3.8) is 0 Å². The molecule has 0 fully saturated rings. The number of carbonyl (C=O) groups excluding carboxylic acids is 1. The molecule has 2 rings (SSSR count). The Morgan fingerprint density at radius 2 is 1.16 bits per heavy atom. The summed E-state index contributed by atoms with van der Waals surface area (Å²) in [6.45, 7) is 4.45. The highest BCUT2D eigenvalue weighted by Gasteiger charge is 2.19. The minimum absolute atomic E-state index is 0.0192. The molecule has 2 aromatic carbocycles. The van der Waals surface area contributed by atoms with Crippen LogP contribution in [0, 0.1) is 5.82 Å². The molecule has 1 nitrogen and oxygen atoms in total. The molecule has 170 valence electrons. The Kier molecular flexibility index (Phi) is 12.2. The van der Waals surface area contributed by atoms with Crippen molar-refractivity contribution in [3.05, 3.63) is 70.5 Å². The largest absolute Gasteiger partial charge is 0.289 e. The van der Waals surface area contributed by atoms with Crippen molar-refractivity contribution in [1.29, 1.82) is 0 Å². The zero-order valence-corrected chi connectivity index (χ0v) is 19.7. The zero-order chi connectivity index (χ0) is 22.3. The van der Waals surface area contributed by atoms with E-state index in [0.717, 1.165) is 49.7 Å². The first-order valence-corrected chi connectivity index (χ1v) is 12.6. The van der Waals surface area contributed by atoms with Crippen LogP contribution < -0.4 is 0 Å². The van der Waals surface area contributed by atoms with Crippen LogP contribution in [0.25, 0.3) is 0 Å². The van der Waals surface area contributed by atoms with Crippen LogP contribution in [0.3, 0.4) is 0 Å². The van der Waals surface area contributed by atoms with Crippen LogP contribution in [0.5, 0.6) is 0 Å². The van der Waals surface area contributed by atoms with Crippen LogP contribution in [0.4, 0.5) is 4.39 Å². The highest BCUT2D eigenvalue weighted by molar-refractivity contribution is 6.10. The highest BCUT2D eigenvalue weighted by atomic mass is 19.1. The number of ketones is 1. The van der Waals surface area contributed by atoms with Crippen molar-refractivity contribution in [2.75, 3.05) is 0 Å². The molecule has 0 saturated heterocycles. The molecule has 2 heteroatoms. The van der Waals surface area contributed by atoms with Gasteiger partial charge in [-0.2, -0.15) is 0 Å². The van der Waals surface area contributed by atoms with Gasteiger partial charge in [0.15, 0.2) is 5.78 Å². The Labute approximate surface area is 189 Å². The molecule has 0 aromatic heterocycles. The minimum Gasteiger partial charge on any atom is -0.289 e. The zero-order valence-electron chi connectivity index (χ0n) is 19.7. The summed E-state index contributed by atoms with van der Waals surface area (Å²) >= 11 is 0. The SMILES string of the molecule is CCCCCCCCc1c(F)ccc(C(=O)c2ccccc2)c1CCCCCCCC. The summed E-state index contributed by atoms with van der Waals surface area (Å²) in [5.74, 6) is -0.120. The first-order valence-electron chi connectivity index (χ1n) is 12.6. The topological polar surface area (TPSA) is 17.1 Å². The van der Waals surface area contributed by atoms with Gasteiger partial charge in [0.05, 0.1) is 0 Å². The van der Waals surface area contributed by atoms with Crippen LogP contribution in [-0.2, 0) is 12.8 Å². The van der Waals surface area contributed by atoms with E-state index in [1.165, 1.54) is 57.4 Å². The lowest BCUT2D eigenvalue weighted by atomic mass is 9.88. The Balaban J connectivity index is 2.15. The molecule has 0 saturated carbocycles. The molecule has 0 unspecified atom stereocenters. The van der Waals surface area contributed by atoms with E-state index in [2.05, 4.69) is 13.8 Å². The third-order valence-corrected chi connectivity index (χ3v) is 6.22. The van der Waals surface area contributed by atoms with Gasteiger partial charge in [0.2, 0.25) is 0 Å². The first kappa shape index (κ1) is 25.3. The van der Waals surface area contributed by atoms with Crippen LogP contribution in [-0.4, -0.2) is 5.78 Å². The maximum absolute atomic E-state index is 14.9. The molecule has 0 aliphatic carbocycles. The van der Waals surface area contributed by atoms with Crippen molar-refractivity contribution in [2.45, 2.75) is 104 Å². The smallest absolute Gasteiger partial charge is 0.193 e. The van der Waals surface area contributed by atoms with Gasteiger partial charge in [0.25, 0.3) is 0 Å². The third-order valence-electron chi connectivity index (χ3n) is 6.22. The van der Waals surface area contributed by atoms with Crippen molar-refractivity contribution in [2.24, 2.45) is 0 Å². The second-order valence-corrected chi connectivity index (χ2v) is 8.78. The van der Waals surface area contributed by atoms with Crippen molar-refractivity contribution in [3.8, 4) is 0 Å². The Bertz CT molecular complexity index is 766. The summed E-state index contributed by atoms with van der Waals surface area (Å²) in [5, 5.41) is 0. The lowest BCUT2D eigenvalue weighted by Gasteiger charge is -2.16. The van der Waals surface area contributed by atoms with Crippen LogP contribution in [0.2, 0.25) is 0 Å². The number of hydrogen-bond donors (Lipinski definition) is 0. The predicted octanol–water partition coefficient (Wildman–Crippen LogP) is 8.86. The van der Waals surface area contributed by atoms with Gasteiger partial charge in [-0.25, -0.2) is 4.39 Å². The van der Waals surface area contributed by atoms with Gasteiger partial charge >= 0.3 is 0 Å². The van der Waals surface area contributed by atoms with E-state index in [1.807, 2.05) is 30.3 Å². The maximum Gasteiger partial charge on any atom is 0.193 e. The third kappa shape index (κ3) is 8.59. The van der Waals surface area contributed by atoms with Crippen LogP contribution in [0.15, 0.2) is 42.5 Å².